The average Bonchev–Trinajstić information content (AvgIpc) is 2.00. The van der Waals surface area contributed by atoms with Crippen LogP contribution in [0.5, 0.6) is 0 Å². The maximum Gasteiger partial charge on any atom is 0.238 e. The lowest BCUT2D eigenvalue weighted by Crippen LogP contribution is -2.38. The van der Waals surface area contributed by atoms with Gasteiger partial charge in [0.05, 0.1) is 0 Å². The monoisotopic (exact) mass is 191 g/mol. The van der Waals surface area contributed by atoms with Gasteiger partial charge in [0, 0.05) is 6.04 Å². The first-order valence-electron chi connectivity index (χ1n) is 4.43. The summed E-state index contributed by atoms with van der Waals surface area (Å²) < 4.78 is 0. The molecule has 0 rings (SSSR count). The summed E-state index contributed by atoms with van der Waals surface area (Å²) in [4.78, 5) is 11.3. The van der Waals surface area contributed by atoms with Gasteiger partial charge in [-0.25, -0.2) is 0 Å². The van der Waals surface area contributed by atoms with Crippen molar-refractivity contribution >= 4 is 17.5 Å². The van der Waals surface area contributed by atoms with Gasteiger partial charge in [-0.15, -0.1) is 11.6 Å². The van der Waals surface area contributed by atoms with Crippen LogP contribution in [0.4, 0.5) is 0 Å². The second kappa shape index (κ2) is 5.41. The van der Waals surface area contributed by atoms with Crippen molar-refractivity contribution in [3.05, 3.63) is 0 Å². The van der Waals surface area contributed by atoms with Crippen LogP contribution in [0.2, 0.25) is 0 Å². The minimum atomic E-state index is -0.391. The minimum absolute atomic E-state index is 0.0546. The molecule has 0 bridgehead atoms. The Morgan fingerprint density at radius 1 is 1.42 bits per heavy atom. The van der Waals surface area contributed by atoms with E-state index < -0.39 is 5.38 Å². The van der Waals surface area contributed by atoms with Crippen LogP contribution in [0.1, 0.15) is 34.1 Å². The van der Waals surface area contributed by atoms with E-state index >= 15 is 0 Å². The van der Waals surface area contributed by atoms with E-state index in [0.29, 0.717) is 0 Å². The number of halogens is 1. The summed E-state index contributed by atoms with van der Waals surface area (Å²) in [5.74, 6) is 0.187. The molecule has 1 amide bonds. The molecule has 1 N–H and O–H groups in total. The molecular formula is C9H18ClNO. The Bertz CT molecular complexity index is 147. The molecule has 0 aromatic carbocycles. The maximum atomic E-state index is 11.3. The Morgan fingerprint density at radius 2 is 1.92 bits per heavy atom. The van der Waals surface area contributed by atoms with Crippen molar-refractivity contribution in [1.29, 1.82) is 0 Å². The lowest BCUT2D eigenvalue weighted by molar-refractivity contribution is -0.122. The predicted molar refractivity (Wildman–Crippen MR) is 52.4 cm³/mol. The summed E-state index contributed by atoms with van der Waals surface area (Å²) >= 11 is 5.91. The van der Waals surface area contributed by atoms with Crippen molar-refractivity contribution in [2.75, 3.05) is 0 Å². The van der Waals surface area contributed by atoms with Crippen molar-refractivity contribution in [3.63, 3.8) is 0 Å². The van der Waals surface area contributed by atoms with Gasteiger partial charge in [-0.1, -0.05) is 20.3 Å². The number of nitrogens with one attached hydrogen (secondary N) is 1. The molecule has 0 aliphatic carbocycles. The molecule has 0 saturated heterocycles. The fraction of sp³-hybridized carbons (Fsp3) is 0.889. The molecule has 0 radical (unpaired) electrons. The zero-order valence-electron chi connectivity index (χ0n) is 8.23. The quantitative estimate of drug-likeness (QED) is 0.679. The summed E-state index contributed by atoms with van der Waals surface area (Å²) in [5.41, 5.74) is 0. The Kier molecular flexibility index (Phi) is 5.31. The van der Waals surface area contributed by atoms with Gasteiger partial charge in [-0.3, -0.25) is 4.79 Å². The smallest absolute Gasteiger partial charge is 0.238 e. The molecule has 3 heteroatoms. The molecule has 0 aliphatic heterocycles. The van der Waals surface area contributed by atoms with Crippen molar-refractivity contribution in [1.82, 2.24) is 5.32 Å². The van der Waals surface area contributed by atoms with Gasteiger partial charge >= 0.3 is 0 Å². The molecule has 0 saturated carbocycles. The molecule has 0 aromatic heterocycles. The number of carbonyl (C=O) groups excluding carboxylic acids is 1. The highest BCUT2D eigenvalue weighted by atomic mass is 35.5. The lowest BCUT2D eigenvalue weighted by Gasteiger charge is -2.17. The number of amides is 1. The van der Waals surface area contributed by atoms with E-state index in [1.807, 2.05) is 27.7 Å². The van der Waals surface area contributed by atoms with Crippen molar-refractivity contribution in [2.24, 2.45) is 5.92 Å². The van der Waals surface area contributed by atoms with Gasteiger partial charge in [0.1, 0.15) is 5.38 Å². The highest BCUT2D eigenvalue weighted by Crippen LogP contribution is 2.13. The van der Waals surface area contributed by atoms with E-state index in [1.165, 1.54) is 0 Å². The highest BCUT2D eigenvalue weighted by molar-refractivity contribution is 6.30. The molecule has 0 heterocycles. The van der Waals surface area contributed by atoms with Gasteiger partial charge in [-0.2, -0.15) is 0 Å². The normalized spacial score (nSPS) is 15.8. The second-order valence-corrected chi connectivity index (χ2v) is 3.92. The second-order valence-electron chi connectivity index (χ2n) is 3.45. The van der Waals surface area contributed by atoms with Crippen LogP contribution in [0.15, 0.2) is 0 Å². The first kappa shape index (κ1) is 11.8. The van der Waals surface area contributed by atoms with Gasteiger partial charge in [0.15, 0.2) is 0 Å². The zero-order chi connectivity index (χ0) is 9.72. The summed E-state index contributed by atoms with van der Waals surface area (Å²) in [5, 5.41) is 2.40. The Morgan fingerprint density at radius 3 is 2.25 bits per heavy atom. The predicted octanol–water partition coefficient (Wildman–Crippen LogP) is 2.16. The number of alkyl halides is 1. The van der Waals surface area contributed by atoms with Crippen LogP contribution in [-0.2, 0) is 4.79 Å². The van der Waals surface area contributed by atoms with Gasteiger partial charge < -0.3 is 5.32 Å². The number of hydrogen-bond donors (Lipinski definition) is 1. The van der Waals surface area contributed by atoms with Crippen LogP contribution in [-0.4, -0.2) is 17.3 Å². The van der Waals surface area contributed by atoms with Gasteiger partial charge in [0.25, 0.3) is 0 Å². The lowest BCUT2D eigenvalue weighted by atomic mass is 10.0. The van der Waals surface area contributed by atoms with E-state index in [0.717, 1.165) is 6.42 Å². The van der Waals surface area contributed by atoms with Crippen LogP contribution in [0.3, 0.4) is 0 Å². The molecule has 72 valence electrons. The molecule has 0 aliphatic rings. The molecule has 0 spiro atoms. The van der Waals surface area contributed by atoms with Crippen LogP contribution in [0, 0.1) is 5.92 Å². The van der Waals surface area contributed by atoms with E-state index in [1.54, 1.807) is 0 Å². The molecule has 0 fully saturated rings. The zero-order valence-corrected chi connectivity index (χ0v) is 8.98. The molecule has 12 heavy (non-hydrogen) atoms. The molecule has 0 aromatic rings. The Balaban J connectivity index is 3.92. The van der Waals surface area contributed by atoms with Crippen LogP contribution >= 0.6 is 11.6 Å². The fourth-order valence-corrected chi connectivity index (χ4v) is 1.07. The minimum Gasteiger partial charge on any atom is -0.353 e. The number of hydrogen-bond acceptors (Lipinski definition) is 1. The SMILES string of the molecule is CCC(C)C(Cl)C(=O)NC(C)C. The molecule has 2 atom stereocenters. The van der Waals surface area contributed by atoms with Crippen molar-refractivity contribution < 1.29 is 4.79 Å². The van der Waals surface area contributed by atoms with Crippen LogP contribution < -0.4 is 5.32 Å². The Labute approximate surface area is 79.7 Å². The standard InChI is InChI=1S/C9H18ClNO/c1-5-7(4)8(10)9(12)11-6(2)3/h6-8H,5H2,1-4H3,(H,11,12). The third kappa shape index (κ3) is 3.96. The highest BCUT2D eigenvalue weighted by Gasteiger charge is 2.21. The summed E-state index contributed by atoms with van der Waals surface area (Å²) in [6.45, 7) is 7.87. The van der Waals surface area contributed by atoms with E-state index in [-0.39, 0.29) is 17.9 Å². The van der Waals surface area contributed by atoms with Crippen LogP contribution in [0.25, 0.3) is 0 Å². The third-order valence-electron chi connectivity index (χ3n) is 1.82. The maximum absolute atomic E-state index is 11.3. The summed E-state index contributed by atoms with van der Waals surface area (Å²) in [6.07, 6.45) is 0.930. The topological polar surface area (TPSA) is 29.1 Å². The molecule has 2 nitrogen and oxygen atoms in total. The van der Waals surface area contributed by atoms with Crippen molar-refractivity contribution in [2.45, 2.75) is 45.5 Å². The van der Waals surface area contributed by atoms with E-state index in [4.69, 9.17) is 11.6 Å². The summed E-state index contributed by atoms with van der Waals surface area (Å²) in [7, 11) is 0. The largest absolute Gasteiger partial charge is 0.353 e. The van der Waals surface area contributed by atoms with E-state index in [9.17, 15) is 4.79 Å². The van der Waals surface area contributed by atoms with Gasteiger partial charge in [-0.05, 0) is 19.8 Å². The fourth-order valence-electron chi connectivity index (χ4n) is 0.829. The van der Waals surface area contributed by atoms with Gasteiger partial charge in [0.2, 0.25) is 5.91 Å². The first-order valence-corrected chi connectivity index (χ1v) is 4.87. The number of rotatable bonds is 4. The molecular weight excluding hydrogens is 174 g/mol. The third-order valence-corrected chi connectivity index (χ3v) is 2.45. The number of carbonyl (C=O) groups is 1. The van der Waals surface area contributed by atoms with Crippen molar-refractivity contribution in [3.8, 4) is 0 Å². The average molecular weight is 192 g/mol. The van der Waals surface area contributed by atoms with E-state index in [2.05, 4.69) is 5.32 Å². The summed E-state index contributed by atoms with van der Waals surface area (Å²) in [6, 6.07) is 0.169. The molecule has 2 unspecified atom stereocenters. The first-order chi connectivity index (χ1) is 5.49. The Hall–Kier alpha value is -0.240.